The molecule has 2 saturated heterocycles. The Labute approximate surface area is 103 Å². The van der Waals surface area contributed by atoms with Gasteiger partial charge in [-0.05, 0) is 0 Å². The average Bonchev–Trinajstić information content (AvgIpc) is 2.68. The van der Waals surface area contributed by atoms with E-state index in [4.69, 9.17) is 9.84 Å². The average molecular weight is 260 g/mol. The molecule has 18 heavy (non-hydrogen) atoms. The largest absolute Gasteiger partial charge is 0.480 e. The van der Waals surface area contributed by atoms with E-state index in [1.54, 1.807) is 0 Å². The molecule has 0 bridgehead atoms. The van der Waals surface area contributed by atoms with Crippen molar-refractivity contribution in [2.75, 3.05) is 32.8 Å². The lowest BCUT2D eigenvalue weighted by molar-refractivity contribution is -0.147. The van der Waals surface area contributed by atoms with E-state index in [2.05, 4.69) is 0 Å². The smallest absolute Gasteiger partial charge is 0.328 e. The number of ether oxygens (including phenoxy) is 1. The van der Waals surface area contributed by atoms with Gasteiger partial charge in [0.05, 0.1) is 38.5 Å². The Hall–Kier alpha value is -1.38. The predicted molar refractivity (Wildman–Crippen MR) is 57.9 cm³/mol. The van der Waals surface area contributed by atoms with Crippen LogP contribution in [-0.4, -0.2) is 88.2 Å². The summed E-state index contributed by atoms with van der Waals surface area (Å²) >= 11 is 0. The van der Waals surface area contributed by atoms with Gasteiger partial charge in [-0.25, -0.2) is 9.59 Å². The van der Waals surface area contributed by atoms with E-state index in [1.165, 1.54) is 9.80 Å². The van der Waals surface area contributed by atoms with E-state index < -0.39 is 30.3 Å². The number of hydrogen-bond acceptors (Lipinski definition) is 5. The number of likely N-dealkylation sites (tertiary alicyclic amines) is 1. The van der Waals surface area contributed by atoms with E-state index in [0.29, 0.717) is 0 Å². The number of aliphatic carboxylic acids is 1. The fourth-order valence-electron chi connectivity index (χ4n) is 2.14. The van der Waals surface area contributed by atoms with Crippen LogP contribution in [0.1, 0.15) is 0 Å². The lowest BCUT2D eigenvalue weighted by Gasteiger charge is -2.35. The first-order valence-corrected chi connectivity index (χ1v) is 5.73. The number of carbonyl (C=O) groups is 2. The summed E-state index contributed by atoms with van der Waals surface area (Å²) in [4.78, 5) is 25.6. The Bertz CT molecular complexity index is 339. The number of amides is 2. The molecule has 8 nitrogen and oxygen atoms in total. The summed E-state index contributed by atoms with van der Waals surface area (Å²) in [5.74, 6) is -1.12. The minimum absolute atomic E-state index is 0.0176. The number of morpholine rings is 1. The van der Waals surface area contributed by atoms with Crippen LogP contribution in [0.4, 0.5) is 4.79 Å². The maximum atomic E-state index is 12.1. The lowest BCUT2D eigenvalue weighted by atomic mass is 10.2. The molecule has 0 aromatic heterocycles. The molecule has 0 spiro atoms. The summed E-state index contributed by atoms with van der Waals surface area (Å²) in [5.41, 5.74) is 0. The lowest BCUT2D eigenvalue weighted by Crippen LogP contribution is -2.56. The third-order valence-corrected chi connectivity index (χ3v) is 3.19. The highest BCUT2D eigenvalue weighted by Gasteiger charge is 2.39. The second kappa shape index (κ2) is 5.09. The van der Waals surface area contributed by atoms with Crippen LogP contribution < -0.4 is 0 Å². The van der Waals surface area contributed by atoms with Crippen molar-refractivity contribution in [3.8, 4) is 0 Å². The number of carbonyl (C=O) groups excluding carboxylic acids is 1. The summed E-state index contributed by atoms with van der Waals surface area (Å²) in [6.45, 7) is 0.473. The van der Waals surface area contributed by atoms with Crippen LogP contribution >= 0.6 is 0 Å². The fraction of sp³-hybridized carbons (Fsp3) is 0.800. The second-order valence-electron chi connectivity index (χ2n) is 4.44. The Morgan fingerprint density at radius 3 is 2.33 bits per heavy atom. The summed E-state index contributed by atoms with van der Waals surface area (Å²) in [5, 5.41) is 27.8. The van der Waals surface area contributed by atoms with Gasteiger partial charge in [0.25, 0.3) is 0 Å². The molecule has 3 N–H and O–H groups in total. The summed E-state index contributed by atoms with van der Waals surface area (Å²) in [7, 11) is 0. The molecule has 102 valence electrons. The minimum Gasteiger partial charge on any atom is -0.480 e. The predicted octanol–water partition coefficient (Wildman–Crippen LogP) is -2.07. The van der Waals surface area contributed by atoms with E-state index >= 15 is 0 Å². The summed E-state index contributed by atoms with van der Waals surface area (Å²) < 4.78 is 5.04. The molecule has 0 aromatic rings. The Morgan fingerprint density at radius 1 is 1.17 bits per heavy atom. The summed E-state index contributed by atoms with van der Waals surface area (Å²) in [6.07, 6.45) is -1.95. The second-order valence-corrected chi connectivity index (χ2v) is 4.44. The topological polar surface area (TPSA) is 111 Å². The molecule has 2 aliphatic rings. The van der Waals surface area contributed by atoms with Crippen molar-refractivity contribution in [1.29, 1.82) is 0 Å². The van der Waals surface area contributed by atoms with Gasteiger partial charge in [0, 0.05) is 6.54 Å². The van der Waals surface area contributed by atoms with Gasteiger partial charge in [-0.1, -0.05) is 0 Å². The molecule has 2 amide bonds. The Morgan fingerprint density at radius 2 is 1.78 bits per heavy atom. The highest BCUT2D eigenvalue weighted by molar-refractivity contribution is 5.83. The minimum atomic E-state index is -1.12. The Kier molecular flexibility index (Phi) is 3.69. The number of rotatable bonds is 1. The third-order valence-electron chi connectivity index (χ3n) is 3.19. The molecular formula is C10H16N2O6. The van der Waals surface area contributed by atoms with Gasteiger partial charge >= 0.3 is 12.0 Å². The van der Waals surface area contributed by atoms with Gasteiger partial charge in [0.2, 0.25) is 0 Å². The van der Waals surface area contributed by atoms with Crippen molar-refractivity contribution in [2.45, 2.75) is 18.2 Å². The molecule has 0 saturated carbocycles. The fourth-order valence-corrected chi connectivity index (χ4v) is 2.14. The van der Waals surface area contributed by atoms with Gasteiger partial charge in [0.1, 0.15) is 0 Å². The van der Waals surface area contributed by atoms with Crippen LogP contribution in [0.2, 0.25) is 0 Å². The first-order valence-electron chi connectivity index (χ1n) is 5.73. The molecule has 2 rings (SSSR count). The molecule has 2 heterocycles. The van der Waals surface area contributed by atoms with Crippen LogP contribution in [0.3, 0.4) is 0 Å². The van der Waals surface area contributed by atoms with E-state index in [9.17, 15) is 19.8 Å². The van der Waals surface area contributed by atoms with Gasteiger partial charge in [0.15, 0.2) is 6.04 Å². The van der Waals surface area contributed by atoms with Crippen LogP contribution in [0.5, 0.6) is 0 Å². The van der Waals surface area contributed by atoms with E-state index in [0.717, 1.165) is 0 Å². The molecule has 3 unspecified atom stereocenters. The molecule has 2 fully saturated rings. The first kappa shape index (κ1) is 13.1. The Balaban J connectivity index is 2.05. The van der Waals surface area contributed by atoms with Crippen LogP contribution in [0.25, 0.3) is 0 Å². The van der Waals surface area contributed by atoms with Crippen molar-refractivity contribution in [2.24, 2.45) is 0 Å². The van der Waals surface area contributed by atoms with Crippen LogP contribution in [0.15, 0.2) is 0 Å². The molecular weight excluding hydrogens is 244 g/mol. The number of hydrogen-bond donors (Lipinski definition) is 3. The number of urea groups is 1. The zero-order valence-corrected chi connectivity index (χ0v) is 9.73. The summed E-state index contributed by atoms with van der Waals surface area (Å²) in [6, 6.07) is -1.50. The van der Waals surface area contributed by atoms with E-state index in [-0.39, 0.29) is 32.8 Å². The van der Waals surface area contributed by atoms with Crippen molar-refractivity contribution in [1.82, 2.24) is 9.80 Å². The highest BCUT2D eigenvalue weighted by Crippen LogP contribution is 2.16. The molecule has 0 aromatic carbocycles. The third kappa shape index (κ3) is 2.40. The van der Waals surface area contributed by atoms with Gasteiger partial charge in [-0.15, -0.1) is 0 Å². The maximum Gasteiger partial charge on any atom is 0.328 e. The molecule has 0 aliphatic carbocycles. The number of aliphatic hydroxyl groups is 2. The normalized spacial score (nSPS) is 32.7. The maximum absolute atomic E-state index is 12.1. The molecule has 3 atom stereocenters. The monoisotopic (exact) mass is 260 g/mol. The van der Waals surface area contributed by atoms with E-state index in [1.807, 2.05) is 0 Å². The van der Waals surface area contributed by atoms with Crippen molar-refractivity contribution >= 4 is 12.0 Å². The molecule has 0 radical (unpaired) electrons. The highest BCUT2D eigenvalue weighted by atomic mass is 16.5. The zero-order chi connectivity index (χ0) is 13.3. The van der Waals surface area contributed by atoms with Crippen molar-refractivity contribution in [3.05, 3.63) is 0 Å². The van der Waals surface area contributed by atoms with Gasteiger partial charge < -0.3 is 29.9 Å². The molecule has 2 aliphatic heterocycles. The first-order chi connectivity index (χ1) is 8.50. The molecule has 8 heteroatoms. The van der Waals surface area contributed by atoms with Crippen molar-refractivity contribution < 1.29 is 29.6 Å². The zero-order valence-electron chi connectivity index (χ0n) is 9.73. The van der Waals surface area contributed by atoms with Gasteiger partial charge in [-0.3, -0.25) is 0 Å². The van der Waals surface area contributed by atoms with Crippen molar-refractivity contribution in [3.63, 3.8) is 0 Å². The quantitative estimate of drug-likeness (QED) is 0.499. The number of carboxylic acids is 1. The van der Waals surface area contributed by atoms with Crippen LogP contribution in [-0.2, 0) is 9.53 Å². The number of aliphatic hydroxyl groups excluding tert-OH is 2. The number of carboxylic acid groups (broad SMARTS) is 1. The van der Waals surface area contributed by atoms with Crippen LogP contribution in [0, 0.1) is 0 Å². The SMILES string of the molecule is O=C(O)C1COCCN1C(=O)N1CC(O)C(O)C1. The van der Waals surface area contributed by atoms with Gasteiger partial charge in [-0.2, -0.15) is 0 Å². The number of β-amino-alcohol motifs (C(OH)–C–C–N with tert-alkyl or cyclic N) is 2. The number of nitrogens with zero attached hydrogens (tertiary/aromatic N) is 2. The standard InChI is InChI=1S/C10H16N2O6/c13-7-3-11(4-8(7)14)10(17)12-1-2-18-5-6(12)9(15)16/h6-8,13-14H,1-5H2,(H,15,16).